The Morgan fingerprint density at radius 1 is 0.900 bits per heavy atom. The minimum absolute atomic E-state index is 0.398. The zero-order valence-electron chi connectivity index (χ0n) is 12.8. The number of allylic oxidation sites excluding steroid dienone is 2. The van der Waals surface area contributed by atoms with Crippen LogP contribution in [0.25, 0.3) is 0 Å². The van der Waals surface area contributed by atoms with E-state index in [1.807, 2.05) is 6.08 Å². The first-order chi connectivity index (χ1) is 9.72. The summed E-state index contributed by atoms with van der Waals surface area (Å²) in [4.78, 5) is 11.7. The highest BCUT2D eigenvalue weighted by Gasteiger charge is 2.47. The molecule has 0 aliphatic heterocycles. The lowest BCUT2D eigenvalue weighted by molar-refractivity contribution is -0.116. The van der Waals surface area contributed by atoms with Crippen LogP contribution in [0.5, 0.6) is 0 Å². The van der Waals surface area contributed by atoms with E-state index in [9.17, 15) is 4.79 Å². The normalized spacial score (nSPS) is 47.9. The molecule has 3 saturated carbocycles. The van der Waals surface area contributed by atoms with E-state index in [2.05, 4.69) is 6.92 Å². The lowest BCUT2D eigenvalue weighted by atomic mass is 9.52. The summed E-state index contributed by atoms with van der Waals surface area (Å²) in [6.07, 6.45) is 14.0. The van der Waals surface area contributed by atoms with Crippen LogP contribution >= 0.6 is 0 Å². The van der Waals surface area contributed by atoms with Gasteiger partial charge in [0.1, 0.15) is 0 Å². The van der Waals surface area contributed by atoms with Gasteiger partial charge in [-0.25, -0.2) is 0 Å². The van der Waals surface area contributed by atoms with Crippen LogP contribution in [0.1, 0.15) is 64.7 Å². The molecule has 0 aromatic heterocycles. The van der Waals surface area contributed by atoms with E-state index in [1.165, 1.54) is 56.9 Å². The molecule has 4 rings (SSSR count). The van der Waals surface area contributed by atoms with E-state index >= 15 is 0 Å². The molecular weight excluding hydrogens is 244 g/mol. The molecule has 1 heteroatoms. The lowest BCUT2D eigenvalue weighted by Gasteiger charge is -2.53. The van der Waals surface area contributed by atoms with E-state index in [4.69, 9.17) is 0 Å². The summed E-state index contributed by atoms with van der Waals surface area (Å²) in [5, 5.41) is 0. The van der Waals surface area contributed by atoms with E-state index in [0.29, 0.717) is 5.78 Å². The highest BCUT2D eigenvalue weighted by atomic mass is 16.1. The molecule has 0 saturated heterocycles. The fourth-order valence-corrected chi connectivity index (χ4v) is 6.23. The van der Waals surface area contributed by atoms with Crippen molar-refractivity contribution in [2.24, 2.45) is 35.5 Å². The van der Waals surface area contributed by atoms with E-state index in [1.54, 1.807) is 0 Å². The molecule has 0 aromatic carbocycles. The summed E-state index contributed by atoms with van der Waals surface area (Å²) in [5.41, 5.74) is 1.53. The van der Waals surface area contributed by atoms with Gasteiger partial charge in [-0.1, -0.05) is 18.9 Å². The Balaban J connectivity index is 1.56. The summed E-state index contributed by atoms with van der Waals surface area (Å²) >= 11 is 0. The zero-order valence-corrected chi connectivity index (χ0v) is 12.8. The molecule has 0 radical (unpaired) electrons. The molecule has 1 nitrogen and oxygen atoms in total. The number of ketones is 1. The number of hydrogen-bond acceptors (Lipinski definition) is 1. The number of carbonyl (C=O) groups is 1. The minimum Gasteiger partial charge on any atom is -0.295 e. The van der Waals surface area contributed by atoms with Crippen molar-refractivity contribution in [3.63, 3.8) is 0 Å². The summed E-state index contributed by atoms with van der Waals surface area (Å²) in [6, 6.07) is 0. The Morgan fingerprint density at radius 2 is 1.75 bits per heavy atom. The lowest BCUT2D eigenvalue weighted by Crippen LogP contribution is -2.44. The van der Waals surface area contributed by atoms with Crippen molar-refractivity contribution in [3.8, 4) is 0 Å². The second-order valence-corrected chi connectivity index (χ2v) is 8.12. The molecule has 0 N–H and O–H groups in total. The SMILES string of the molecule is CC1CCC2C(CCC3C4CCC(=O)C=C4CCC23)C1. The van der Waals surface area contributed by atoms with E-state index in [0.717, 1.165) is 41.9 Å². The second kappa shape index (κ2) is 5.00. The van der Waals surface area contributed by atoms with Crippen molar-refractivity contribution in [1.82, 2.24) is 0 Å². The number of hydrogen-bond donors (Lipinski definition) is 0. The molecule has 0 amide bonds. The van der Waals surface area contributed by atoms with E-state index in [-0.39, 0.29) is 0 Å². The van der Waals surface area contributed by atoms with Gasteiger partial charge in [0.05, 0.1) is 0 Å². The van der Waals surface area contributed by atoms with Crippen molar-refractivity contribution in [3.05, 3.63) is 11.6 Å². The first-order valence-electron chi connectivity index (χ1n) is 8.95. The fraction of sp³-hybridized carbons (Fsp3) is 0.842. The van der Waals surface area contributed by atoms with Gasteiger partial charge in [0.15, 0.2) is 5.78 Å². The van der Waals surface area contributed by atoms with Gasteiger partial charge in [-0.15, -0.1) is 0 Å². The number of fused-ring (bicyclic) bond motifs is 5. The van der Waals surface area contributed by atoms with Gasteiger partial charge in [-0.3, -0.25) is 4.79 Å². The fourth-order valence-electron chi connectivity index (χ4n) is 6.23. The van der Waals surface area contributed by atoms with E-state index < -0.39 is 0 Å². The van der Waals surface area contributed by atoms with Crippen LogP contribution in [0.3, 0.4) is 0 Å². The van der Waals surface area contributed by atoms with Crippen LogP contribution in [0, 0.1) is 35.5 Å². The molecule has 0 aromatic rings. The van der Waals surface area contributed by atoms with Gasteiger partial charge in [-0.2, -0.15) is 0 Å². The quantitative estimate of drug-likeness (QED) is 0.621. The number of carbonyl (C=O) groups excluding carboxylic acids is 1. The largest absolute Gasteiger partial charge is 0.295 e. The van der Waals surface area contributed by atoms with Gasteiger partial charge in [-0.05, 0) is 86.5 Å². The molecule has 4 aliphatic carbocycles. The van der Waals surface area contributed by atoms with Crippen molar-refractivity contribution in [2.45, 2.75) is 64.7 Å². The average Bonchev–Trinajstić information content (AvgIpc) is 2.45. The summed E-state index contributed by atoms with van der Waals surface area (Å²) in [5.74, 6) is 6.15. The predicted octanol–water partition coefficient (Wildman–Crippen LogP) is 4.76. The molecule has 0 bridgehead atoms. The Labute approximate surface area is 123 Å². The van der Waals surface area contributed by atoms with Crippen LogP contribution < -0.4 is 0 Å². The van der Waals surface area contributed by atoms with Crippen LogP contribution in [0.2, 0.25) is 0 Å². The van der Waals surface area contributed by atoms with Crippen molar-refractivity contribution >= 4 is 5.78 Å². The third-order valence-corrected chi connectivity index (χ3v) is 7.08. The first kappa shape index (κ1) is 13.1. The number of rotatable bonds is 0. The molecule has 3 fully saturated rings. The average molecular weight is 272 g/mol. The highest BCUT2D eigenvalue weighted by molar-refractivity contribution is 5.91. The maximum atomic E-state index is 11.7. The third-order valence-electron chi connectivity index (χ3n) is 7.08. The summed E-state index contributed by atoms with van der Waals surface area (Å²) in [7, 11) is 0. The van der Waals surface area contributed by atoms with Crippen molar-refractivity contribution in [2.75, 3.05) is 0 Å². The molecule has 6 atom stereocenters. The first-order valence-corrected chi connectivity index (χ1v) is 8.95. The smallest absolute Gasteiger partial charge is 0.155 e. The predicted molar refractivity (Wildman–Crippen MR) is 81.3 cm³/mol. The molecule has 0 spiro atoms. The van der Waals surface area contributed by atoms with Gasteiger partial charge in [0.25, 0.3) is 0 Å². The third kappa shape index (κ3) is 2.09. The van der Waals surface area contributed by atoms with Gasteiger partial charge >= 0.3 is 0 Å². The second-order valence-electron chi connectivity index (χ2n) is 8.12. The van der Waals surface area contributed by atoms with Crippen molar-refractivity contribution < 1.29 is 4.79 Å². The Morgan fingerprint density at radius 3 is 2.65 bits per heavy atom. The highest BCUT2D eigenvalue weighted by Crippen LogP contribution is 2.56. The van der Waals surface area contributed by atoms with Crippen LogP contribution in [-0.4, -0.2) is 5.78 Å². The maximum Gasteiger partial charge on any atom is 0.155 e. The van der Waals surface area contributed by atoms with Gasteiger partial charge < -0.3 is 0 Å². The molecule has 0 heterocycles. The molecule has 6 unspecified atom stereocenters. The molecule has 20 heavy (non-hydrogen) atoms. The Hall–Kier alpha value is -0.590. The monoisotopic (exact) mass is 272 g/mol. The Kier molecular flexibility index (Phi) is 3.27. The topological polar surface area (TPSA) is 17.1 Å². The summed E-state index contributed by atoms with van der Waals surface area (Å²) in [6.45, 7) is 2.46. The van der Waals surface area contributed by atoms with Crippen molar-refractivity contribution in [1.29, 1.82) is 0 Å². The molecular formula is C19H28O. The van der Waals surface area contributed by atoms with Crippen LogP contribution in [-0.2, 0) is 4.79 Å². The van der Waals surface area contributed by atoms with Gasteiger partial charge in [0.2, 0.25) is 0 Å². The summed E-state index contributed by atoms with van der Waals surface area (Å²) < 4.78 is 0. The zero-order chi connectivity index (χ0) is 13.7. The standard InChI is InChI=1S/C19H28O/c1-12-2-6-16-13(10-12)3-7-19-17-9-5-15(20)11-14(17)4-8-18(16)19/h11-13,16-19H,2-10H2,1H3. The maximum absolute atomic E-state index is 11.7. The minimum atomic E-state index is 0.398. The van der Waals surface area contributed by atoms with Gasteiger partial charge in [0, 0.05) is 6.42 Å². The Bertz CT molecular complexity index is 435. The molecule has 4 aliphatic rings. The van der Waals surface area contributed by atoms with Crippen LogP contribution in [0.4, 0.5) is 0 Å². The van der Waals surface area contributed by atoms with Crippen LogP contribution in [0.15, 0.2) is 11.6 Å². The molecule has 110 valence electrons.